The Morgan fingerprint density at radius 2 is 2.13 bits per heavy atom. The zero-order valence-electron chi connectivity index (χ0n) is 13.3. The van der Waals surface area contributed by atoms with Crippen molar-refractivity contribution in [2.24, 2.45) is 5.73 Å². The van der Waals surface area contributed by atoms with Crippen LogP contribution in [0, 0.1) is 6.92 Å². The Labute approximate surface area is 135 Å². The molecule has 4 rings (SSSR count). The Morgan fingerprint density at radius 1 is 1.26 bits per heavy atom. The number of aromatic nitrogens is 3. The molecule has 1 aliphatic heterocycles. The molecule has 5 heteroatoms. The van der Waals surface area contributed by atoms with Crippen LogP contribution in [0.3, 0.4) is 0 Å². The quantitative estimate of drug-likeness (QED) is 0.790. The van der Waals surface area contributed by atoms with Gasteiger partial charge < -0.3 is 10.6 Å². The van der Waals surface area contributed by atoms with Gasteiger partial charge in [-0.3, -0.25) is 0 Å². The molecule has 23 heavy (non-hydrogen) atoms. The van der Waals surface area contributed by atoms with E-state index in [2.05, 4.69) is 47.1 Å². The van der Waals surface area contributed by atoms with Crippen LogP contribution >= 0.6 is 0 Å². The van der Waals surface area contributed by atoms with Crippen molar-refractivity contribution < 1.29 is 0 Å². The summed E-state index contributed by atoms with van der Waals surface area (Å²) < 4.78 is 1.92. The van der Waals surface area contributed by atoms with Crippen molar-refractivity contribution in [1.82, 2.24) is 14.6 Å². The second kappa shape index (κ2) is 5.66. The van der Waals surface area contributed by atoms with Gasteiger partial charge in [-0.1, -0.05) is 24.3 Å². The first-order valence-corrected chi connectivity index (χ1v) is 8.13. The average Bonchev–Trinajstić information content (AvgIpc) is 2.99. The monoisotopic (exact) mass is 307 g/mol. The lowest BCUT2D eigenvalue weighted by Gasteiger charge is -2.31. The number of nitrogens with zero attached hydrogens (tertiary/aromatic N) is 4. The lowest BCUT2D eigenvalue weighted by Crippen LogP contribution is -2.43. The van der Waals surface area contributed by atoms with E-state index in [1.807, 2.05) is 16.9 Å². The van der Waals surface area contributed by atoms with Crippen molar-refractivity contribution in [3.63, 3.8) is 0 Å². The zero-order chi connectivity index (χ0) is 15.8. The topological polar surface area (TPSA) is 59.5 Å². The number of piperidine rings is 1. The summed E-state index contributed by atoms with van der Waals surface area (Å²) in [7, 11) is 0. The normalized spacial score (nSPS) is 18.5. The average molecular weight is 307 g/mol. The third kappa shape index (κ3) is 2.57. The van der Waals surface area contributed by atoms with Gasteiger partial charge in [-0.2, -0.15) is 5.10 Å². The SMILES string of the molecule is Cc1ccccc1-c1cc2c(N3CCCC(N)C3)nccn2n1. The molecule has 1 fully saturated rings. The molecular weight excluding hydrogens is 286 g/mol. The number of aryl methyl sites for hydroxylation is 1. The van der Waals surface area contributed by atoms with Crippen LogP contribution in [-0.2, 0) is 0 Å². The maximum absolute atomic E-state index is 6.13. The first-order chi connectivity index (χ1) is 11.2. The Morgan fingerprint density at radius 3 is 2.96 bits per heavy atom. The van der Waals surface area contributed by atoms with E-state index >= 15 is 0 Å². The molecule has 0 radical (unpaired) electrons. The maximum atomic E-state index is 6.13. The minimum atomic E-state index is 0.226. The fourth-order valence-corrected chi connectivity index (χ4v) is 3.35. The molecule has 0 aliphatic carbocycles. The number of rotatable bonds is 2. The van der Waals surface area contributed by atoms with Gasteiger partial charge in [0.1, 0.15) is 5.52 Å². The minimum Gasteiger partial charge on any atom is -0.353 e. The summed E-state index contributed by atoms with van der Waals surface area (Å²) >= 11 is 0. The fraction of sp³-hybridized carbons (Fsp3) is 0.333. The molecule has 3 heterocycles. The van der Waals surface area contributed by atoms with Gasteiger partial charge in [0.25, 0.3) is 0 Å². The number of hydrogen-bond donors (Lipinski definition) is 1. The van der Waals surface area contributed by atoms with Crippen molar-refractivity contribution in [3.8, 4) is 11.3 Å². The highest BCUT2D eigenvalue weighted by atomic mass is 15.3. The summed E-state index contributed by atoms with van der Waals surface area (Å²) in [6.07, 6.45) is 5.93. The van der Waals surface area contributed by atoms with Gasteiger partial charge in [0.15, 0.2) is 5.82 Å². The van der Waals surface area contributed by atoms with Crippen molar-refractivity contribution in [3.05, 3.63) is 48.3 Å². The summed E-state index contributed by atoms with van der Waals surface area (Å²) in [6.45, 7) is 3.98. The number of fused-ring (bicyclic) bond motifs is 1. The molecule has 118 valence electrons. The van der Waals surface area contributed by atoms with E-state index in [9.17, 15) is 0 Å². The van der Waals surface area contributed by atoms with Crippen LogP contribution < -0.4 is 10.6 Å². The van der Waals surface area contributed by atoms with Crippen LogP contribution in [0.25, 0.3) is 16.8 Å². The third-order valence-electron chi connectivity index (χ3n) is 4.55. The van der Waals surface area contributed by atoms with Gasteiger partial charge >= 0.3 is 0 Å². The second-order valence-electron chi connectivity index (χ2n) is 6.27. The molecule has 3 aromatic rings. The molecular formula is C18H21N5. The molecule has 1 saturated heterocycles. The minimum absolute atomic E-state index is 0.226. The summed E-state index contributed by atoms with van der Waals surface area (Å²) in [4.78, 5) is 6.89. The van der Waals surface area contributed by atoms with Crippen molar-refractivity contribution in [1.29, 1.82) is 0 Å². The van der Waals surface area contributed by atoms with E-state index in [0.29, 0.717) is 0 Å². The standard InChI is InChI=1S/C18H21N5/c1-13-5-2-3-7-15(13)16-11-17-18(20-8-10-23(17)21-16)22-9-4-6-14(19)12-22/h2-3,5,7-8,10-11,14H,4,6,9,12,19H2,1H3. The highest BCUT2D eigenvalue weighted by Crippen LogP contribution is 2.28. The molecule has 5 nitrogen and oxygen atoms in total. The van der Waals surface area contributed by atoms with E-state index in [0.717, 1.165) is 48.5 Å². The van der Waals surface area contributed by atoms with Gasteiger partial charge in [-0.25, -0.2) is 9.50 Å². The van der Waals surface area contributed by atoms with Gasteiger partial charge in [0.2, 0.25) is 0 Å². The first kappa shape index (κ1) is 14.2. The summed E-state index contributed by atoms with van der Waals surface area (Å²) in [5.74, 6) is 0.981. The van der Waals surface area contributed by atoms with Gasteiger partial charge in [0, 0.05) is 37.1 Å². The second-order valence-corrected chi connectivity index (χ2v) is 6.27. The van der Waals surface area contributed by atoms with Gasteiger partial charge in [-0.05, 0) is 31.4 Å². The van der Waals surface area contributed by atoms with E-state index in [1.165, 1.54) is 5.56 Å². The Kier molecular flexibility index (Phi) is 3.50. The molecule has 2 aromatic heterocycles. The molecule has 0 amide bonds. The molecule has 0 spiro atoms. The molecule has 1 aromatic carbocycles. The lowest BCUT2D eigenvalue weighted by atomic mass is 10.1. The highest BCUT2D eigenvalue weighted by molar-refractivity contribution is 5.76. The summed E-state index contributed by atoms with van der Waals surface area (Å²) in [5, 5.41) is 4.74. The van der Waals surface area contributed by atoms with Gasteiger partial charge in [0.05, 0.1) is 5.69 Å². The van der Waals surface area contributed by atoms with Crippen LogP contribution in [0.15, 0.2) is 42.7 Å². The van der Waals surface area contributed by atoms with Crippen molar-refractivity contribution >= 4 is 11.3 Å². The number of nitrogens with two attached hydrogens (primary N) is 1. The van der Waals surface area contributed by atoms with Crippen LogP contribution in [0.5, 0.6) is 0 Å². The zero-order valence-corrected chi connectivity index (χ0v) is 13.3. The van der Waals surface area contributed by atoms with E-state index in [1.54, 1.807) is 0 Å². The van der Waals surface area contributed by atoms with E-state index in [4.69, 9.17) is 10.8 Å². The lowest BCUT2D eigenvalue weighted by molar-refractivity contribution is 0.503. The molecule has 2 N–H and O–H groups in total. The fourth-order valence-electron chi connectivity index (χ4n) is 3.35. The van der Waals surface area contributed by atoms with Crippen LogP contribution in [0.2, 0.25) is 0 Å². The Bertz CT molecular complexity index is 838. The summed E-state index contributed by atoms with van der Waals surface area (Å²) in [6, 6.07) is 10.7. The molecule has 1 unspecified atom stereocenters. The first-order valence-electron chi connectivity index (χ1n) is 8.13. The number of anilines is 1. The van der Waals surface area contributed by atoms with Crippen LogP contribution in [0.1, 0.15) is 18.4 Å². The third-order valence-corrected chi connectivity index (χ3v) is 4.55. The smallest absolute Gasteiger partial charge is 0.154 e. The number of hydrogen-bond acceptors (Lipinski definition) is 4. The van der Waals surface area contributed by atoms with E-state index in [-0.39, 0.29) is 6.04 Å². The molecule has 1 atom stereocenters. The summed E-state index contributed by atoms with van der Waals surface area (Å²) in [5.41, 5.74) is 10.5. The van der Waals surface area contributed by atoms with Gasteiger partial charge in [-0.15, -0.1) is 0 Å². The predicted octanol–water partition coefficient (Wildman–Crippen LogP) is 2.63. The highest BCUT2D eigenvalue weighted by Gasteiger charge is 2.21. The maximum Gasteiger partial charge on any atom is 0.154 e. The molecule has 0 saturated carbocycles. The largest absolute Gasteiger partial charge is 0.353 e. The van der Waals surface area contributed by atoms with E-state index < -0.39 is 0 Å². The molecule has 0 bridgehead atoms. The van der Waals surface area contributed by atoms with Crippen molar-refractivity contribution in [2.45, 2.75) is 25.8 Å². The predicted molar refractivity (Wildman–Crippen MR) is 92.6 cm³/mol. The Hall–Kier alpha value is -2.40. The number of benzene rings is 1. The molecule has 1 aliphatic rings. The van der Waals surface area contributed by atoms with Crippen LogP contribution in [-0.4, -0.2) is 33.7 Å². The Balaban J connectivity index is 1.80. The van der Waals surface area contributed by atoms with Crippen molar-refractivity contribution in [2.75, 3.05) is 18.0 Å². The van der Waals surface area contributed by atoms with Crippen LogP contribution in [0.4, 0.5) is 5.82 Å².